The molecular weight excluding hydrogens is 412 g/mol. The molecular formula is C18H16ClF2N3O3S. The van der Waals surface area contributed by atoms with Crippen molar-refractivity contribution in [3.8, 4) is 5.75 Å². The number of ether oxygens (including phenoxy) is 1. The molecule has 1 heterocycles. The zero-order valence-electron chi connectivity index (χ0n) is 14.9. The lowest BCUT2D eigenvalue weighted by Gasteiger charge is -2.20. The van der Waals surface area contributed by atoms with Gasteiger partial charge in [-0.05, 0) is 44.4 Å². The van der Waals surface area contributed by atoms with Gasteiger partial charge in [-0.3, -0.25) is 9.69 Å². The van der Waals surface area contributed by atoms with Crippen LogP contribution in [0.15, 0.2) is 30.3 Å². The molecule has 0 aliphatic carbocycles. The van der Waals surface area contributed by atoms with Gasteiger partial charge in [0, 0.05) is 5.02 Å². The number of rotatable bonds is 6. The standard InChI is InChI=1S/C18H16ClF2N3O3S/c1-24(2)18(26)23-17(25)15-10(20)4-5-12(16(15)21)27-8-14-22-11-7-9(19)3-6-13(11)28-14/h3-7,18,26H,8H2,1-2H3,(H,23,25). The molecule has 1 aromatic heterocycles. The average molecular weight is 428 g/mol. The fourth-order valence-electron chi connectivity index (χ4n) is 2.32. The Labute approximate surface area is 168 Å². The third-order valence-corrected chi connectivity index (χ3v) is 5.02. The van der Waals surface area contributed by atoms with Crippen molar-refractivity contribution in [3.05, 3.63) is 57.6 Å². The van der Waals surface area contributed by atoms with Crippen LogP contribution < -0.4 is 10.1 Å². The highest BCUT2D eigenvalue weighted by molar-refractivity contribution is 7.18. The zero-order chi connectivity index (χ0) is 20.4. The van der Waals surface area contributed by atoms with E-state index < -0.39 is 29.5 Å². The van der Waals surface area contributed by atoms with Crippen molar-refractivity contribution < 1.29 is 23.4 Å². The molecule has 0 aliphatic heterocycles. The van der Waals surface area contributed by atoms with Gasteiger partial charge in [-0.2, -0.15) is 0 Å². The molecule has 0 radical (unpaired) electrons. The minimum Gasteiger partial charge on any atom is -0.483 e. The first-order valence-electron chi connectivity index (χ1n) is 8.07. The van der Waals surface area contributed by atoms with Crippen LogP contribution in [-0.4, -0.2) is 41.3 Å². The highest BCUT2D eigenvalue weighted by Gasteiger charge is 2.23. The number of hydrogen-bond donors (Lipinski definition) is 2. The monoisotopic (exact) mass is 427 g/mol. The number of carbonyl (C=O) groups is 1. The lowest BCUT2D eigenvalue weighted by molar-refractivity contribution is 0.0119. The van der Waals surface area contributed by atoms with Crippen LogP contribution in [0.4, 0.5) is 8.78 Å². The Hall–Kier alpha value is -2.33. The molecule has 148 valence electrons. The van der Waals surface area contributed by atoms with Crippen LogP contribution in [0.5, 0.6) is 5.75 Å². The van der Waals surface area contributed by atoms with Gasteiger partial charge in [0.15, 0.2) is 17.9 Å². The Morgan fingerprint density at radius 3 is 2.82 bits per heavy atom. The van der Waals surface area contributed by atoms with Gasteiger partial charge in [0.05, 0.1) is 10.2 Å². The van der Waals surface area contributed by atoms with E-state index in [1.165, 1.54) is 30.3 Å². The summed E-state index contributed by atoms with van der Waals surface area (Å²) < 4.78 is 34.9. The van der Waals surface area contributed by atoms with E-state index in [2.05, 4.69) is 10.3 Å². The Bertz CT molecular complexity index is 1030. The third-order valence-electron chi connectivity index (χ3n) is 3.78. The van der Waals surface area contributed by atoms with Crippen molar-refractivity contribution in [1.29, 1.82) is 0 Å². The van der Waals surface area contributed by atoms with Crippen LogP contribution in [0.3, 0.4) is 0 Å². The molecule has 3 aromatic rings. The number of hydrogen-bond acceptors (Lipinski definition) is 6. The van der Waals surface area contributed by atoms with E-state index in [0.717, 1.165) is 16.8 Å². The first-order valence-corrected chi connectivity index (χ1v) is 9.27. The van der Waals surface area contributed by atoms with Gasteiger partial charge in [-0.15, -0.1) is 11.3 Å². The second-order valence-corrected chi connectivity index (χ2v) is 7.61. The molecule has 0 aliphatic rings. The van der Waals surface area contributed by atoms with Gasteiger partial charge in [-0.1, -0.05) is 11.6 Å². The number of halogens is 3. The van der Waals surface area contributed by atoms with Crippen molar-refractivity contribution in [2.24, 2.45) is 0 Å². The molecule has 1 amide bonds. The summed E-state index contributed by atoms with van der Waals surface area (Å²) in [5.41, 5.74) is -0.150. The molecule has 28 heavy (non-hydrogen) atoms. The summed E-state index contributed by atoms with van der Waals surface area (Å²) in [6, 6.07) is 7.27. The average Bonchev–Trinajstić information content (AvgIpc) is 3.02. The molecule has 1 atom stereocenters. The minimum absolute atomic E-state index is 0.0686. The molecule has 6 nitrogen and oxygen atoms in total. The number of nitrogens with one attached hydrogen (secondary N) is 1. The van der Waals surface area contributed by atoms with E-state index in [9.17, 15) is 18.7 Å². The van der Waals surface area contributed by atoms with Crippen molar-refractivity contribution in [2.45, 2.75) is 13.0 Å². The first kappa shape index (κ1) is 20.4. The van der Waals surface area contributed by atoms with E-state index in [1.54, 1.807) is 12.1 Å². The largest absolute Gasteiger partial charge is 0.483 e. The van der Waals surface area contributed by atoms with Crippen molar-refractivity contribution in [1.82, 2.24) is 15.2 Å². The highest BCUT2D eigenvalue weighted by Crippen LogP contribution is 2.28. The predicted octanol–water partition coefficient (Wildman–Crippen LogP) is 3.37. The summed E-state index contributed by atoms with van der Waals surface area (Å²) in [5, 5.41) is 12.8. The molecule has 0 saturated heterocycles. The number of amides is 1. The van der Waals surface area contributed by atoms with Gasteiger partial charge in [0.2, 0.25) is 0 Å². The first-order chi connectivity index (χ1) is 13.3. The van der Waals surface area contributed by atoms with E-state index in [4.69, 9.17) is 16.3 Å². The summed E-state index contributed by atoms with van der Waals surface area (Å²) in [6.07, 6.45) is -1.40. The normalized spacial score (nSPS) is 12.4. The van der Waals surface area contributed by atoms with Gasteiger partial charge >= 0.3 is 0 Å². The third kappa shape index (κ3) is 4.39. The summed E-state index contributed by atoms with van der Waals surface area (Å²) in [6.45, 7) is -0.0686. The maximum absolute atomic E-state index is 14.6. The Balaban J connectivity index is 1.79. The number of aliphatic hydroxyl groups excluding tert-OH is 1. The number of benzene rings is 2. The van der Waals surface area contributed by atoms with Gasteiger partial charge in [0.1, 0.15) is 23.0 Å². The molecule has 0 fully saturated rings. The van der Waals surface area contributed by atoms with Crippen molar-refractivity contribution >= 4 is 39.1 Å². The molecule has 0 saturated carbocycles. The van der Waals surface area contributed by atoms with Crippen LogP contribution >= 0.6 is 22.9 Å². The minimum atomic E-state index is -1.40. The van der Waals surface area contributed by atoms with Crippen LogP contribution in [0.25, 0.3) is 10.2 Å². The van der Waals surface area contributed by atoms with Crippen LogP contribution in [0.2, 0.25) is 5.02 Å². The second kappa shape index (κ2) is 8.36. The molecule has 1 unspecified atom stereocenters. The smallest absolute Gasteiger partial charge is 0.260 e. The van der Waals surface area contributed by atoms with E-state index >= 15 is 0 Å². The Kier molecular flexibility index (Phi) is 6.09. The molecule has 3 rings (SSSR count). The number of aromatic nitrogens is 1. The lowest BCUT2D eigenvalue weighted by atomic mass is 10.1. The topological polar surface area (TPSA) is 74.7 Å². The van der Waals surface area contributed by atoms with Crippen LogP contribution in [0.1, 0.15) is 15.4 Å². The fraction of sp³-hybridized carbons (Fsp3) is 0.222. The molecule has 10 heteroatoms. The number of carbonyl (C=O) groups excluding carboxylic acids is 1. The van der Waals surface area contributed by atoms with Crippen molar-refractivity contribution in [2.75, 3.05) is 14.1 Å². The maximum atomic E-state index is 14.6. The molecule has 2 N–H and O–H groups in total. The fourth-order valence-corrected chi connectivity index (χ4v) is 3.35. The van der Waals surface area contributed by atoms with E-state index in [-0.39, 0.29) is 12.4 Å². The zero-order valence-corrected chi connectivity index (χ0v) is 16.4. The number of fused-ring (bicyclic) bond motifs is 1. The molecule has 2 aromatic carbocycles. The van der Waals surface area contributed by atoms with Crippen LogP contribution in [0, 0.1) is 11.6 Å². The Morgan fingerprint density at radius 1 is 1.36 bits per heavy atom. The van der Waals surface area contributed by atoms with E-state index in [1.807, 2.05) is 6.07 Å². The second-order valence-electron chi connectivity index (χ2n) is 6.05. The summed E-state index contributed by atoms with van der Waals surface area (Å²) in [5.74, 6) is -3.63. The van der Waals surface area contributed by atoms with Gasteiger partial charge in [0.25, 0.3) is 5.91 Å². The molecule has 0 spiro atoms. The number of thiazole rings is 1. The number of aliphatic hydroxyl groups is 1. The lowest BCUT2D eigenvalue weighted by Crippen LogP contribution is -2.44. The molecule has 0 bridgehead atoms. The SMILES string of the molecule is CN(C)C(O)NC(=O)c1c(F)ccc(OCc2nc3cc(Cl)ccc3s2)c1F. The maximum Gasteiger partial charge on any atom is 0.260 e. The van der Waals surface area contributed by atoms with Crippen LogP contribution in [-0.2, 0) is 6.61 Å². The predicted molar refractivity (Wildman–Crippen MR) is 102 cm³/mol. The van der Waals surface area contributed by atoms with Gasteiger partial charge in [-0.25, -0.2) is 13.8 Å². The highest BCUT2D eigenvalue weighted by atomic mass is 35.5. The Morgan fingerprint density at radius 2 is 2.11 bits per heavy atom. The summed E-state index contributed by atoms with van der Waals surface area (Å²) >= 11 is 7.28. The number of nitrogens with zero attached hydrogens (tertiary/aromatic N) is 2. The van der Waals surface area contributed by atoms with Crippen molar-refractivity contribution in [3.63, 3.8) is 0 Å². The summed E-state index contributed by atoms with van der Waals surface area (Å²) in [4.78, 5) is 17.7. The van der Waals surface area contributed by atoms with E-state index in [0.29, 0.717) is 15.5 Å². The quantitative estimate of drug-likeness (QED) is 0.590. The summed E-state index contributed by atoms with van der Waals surface area (Å²) in [7, 11) is 2.98. The van der Waals surface area contributed by atoms with Gasteiger partial charge < -0.3 is 15.2 Å².